The van der Waals surface area contributed by atoms with Gasteiger partial charge in [0.2, 0.25) is 0 Å². The second-order valence-electron chi connectivity index (χ2n) is 4.98. The predicted octanol–water partition coefficient (Wildman–Crippen LogP) is 3.02. The maximum absolute atomic E-state index is 11.8. The van der Waals surface area contributed by atoms with Crippen LogP contribution >= 0.6 is 0 Å². The number of nitrogens with zero attached hydrogens (tertiary/aromatic N) is 3. The van der Waals surface area contributed by atoms with Crippen molar-refractivity contribution in [2.45, 2.75) is 13.5 Å². The Bertz CT molecular complexity index is 815. The highest BCUT2D eigenvalue weighted by atomic mass is 16.5. The minimum atomic E-state index is -0.401. The molecule has 0 aliphatic carbocycles. The summed E-state index contributed by atoms with van der Waals surface area (Å²) in [6, 6.07) is 13.3. The first-order chi connectivity index (χ1) is 11.8. The van der Waals surface area contributed by atoms with E-state index in [1.165, 1.54) is 6.20 Å². The van der Waals surface area contributed by atoms with Gasteiger partial charge < -0.3 is 9.47 Å². The van der Waals surface area contributed by atoms with Crippen LogP contribution in [0.4, 0.5) is 0 Å². The third kappa shape index (κ3) is 3.60. The standard InChI is InChI=1S/C18H17N3O3/c1-2-23-18(22)15-11-20-21(12-15)17-14(7-6-10-19-17)13-24-16-8-4-3-5-9-16/h3-12H,2,13H2,1H3. The molecule has 0 saturated carbocycles. The minimum absolute atomic E-state index is 0.323. The summed E-state index contributed by atoms with van der Waals surface area (Å²) in [5.41, 5.74) is 1.25. The number of hydrogen-bond donors (Lipinski definition) is 0. The van der Waals surface area contributed by atoms with Crippen LogP contribution in [0.15, 0.2) is 61.1 Å². The van der Waals surface area contributed by atoms with Crippen LogP contribution in [0, 0.1) is 0 Å². The summed E-state index contributed by atoms with van der Waals surface area (Å²) in [4.78, 5) is 16.1. The second-order valence-corrected chi connectivity index (χ2v) is 4.98. The molecule has 0 unspecified atom stereocenters. The van der Waals surface area contributed by atoms with E-state index in [-0.39, 0.29) is 0 Å². The summed E-state index contributed by atoms with van der Waals surface area (Å²) in [6.07, 6.45) is 4.74. The number of aromatic nitrogens is 3. The van der Waals surface area contributed by atoms with E-state index in [0.717, 1.165) is 11.3 Å². The number of carbonyl (C=O) groups is 1. The Kier molecular flexibility index (Phi) is 4.86. The molecule has 2 aromatic heterocycles. The monoisotopic (exact) mass is 323 g/mol. The SMILES string of the molecule is CCOC(=O)c1cnn(-c2ncccc2COc2ccccc2)c1. The van der Waals surface area contributed by atoms with Gasteiger partial charge in [0, 0.05) is 18.0 Å². The van der Waals surface area contributed by atoms with Crippen molar-refractivity contribution in [3.8, 4) is 11.6 Å². The van der Waals surface area contributed by atoms with Crippen molar-refractivity contribution in [2.75, 3.05) is 6.61 Å². The van der Waals surface area contributed by atoms with Gasteiger partial charge in [0.25, 0.3) is 0 Å². The van der Waals surface area contributed by atoms with E-state index in [1.54, 1.807) is 24.0 Å². The number of ether oxygens (including phenoxy) is 2. The maximum atomic E-state index is 11.8. The summed E-state index contributed by atoms with van der Waals surface area (Å²) < 4.78 is 12.3. The van der Waals surface area contributed by atoms with Crippen molar-refractivity contribution in [1.82, 2.24) is 14.8 Å². The molecule has 2 heterocycles. The zero-order valence-corrected chi connectivity index (χ0v) is 13.3. The fraction of sp³-hybridized carbons (Fsp3) is 0.167. The molecule has 0 amide bonds. The van der Waals surface area contributed by atoms with Gasteiger partial charge in [-0.2, -0.15) is 5.10 Å². The number of carbonyl (C=O) groups excluding carboxylic acids is 1. The zero-order valence-electron chi connectivity index (χ0n) is 13.3. The summed E-state index contributed by atoms with van der Waals surface area (Å²) >= 11 is 0. The first-order valence-corrected chi connectivity index (χ1v) is 7.62. The van der Waals surface area contributed by atoms with Crippen molar-refractivity contribution in [3.63, 3.8) is 0 Å². The quantitative estimate of drug-likeness (QED) is 0.652. The fourth-order valence-corrected chi connectivity index (χ4v) is 2.19. The molecule has 3 rings (SSSR count). The smallest absolute Gasteiger partial charge is 0.341 e. The predicted molar refractivity (Wildman–Crippen MR) is 88.1 cm³/mol. The Morgan fingerprint density at radius 3 is 2.79 bits per heavy atom. The molecule has 24 heavy (non-hydrogen) atoms. The lowest BCUT2D eigenvalue weighted by Gasteiger charge is -2.10. The van der Waals surface area contributed by atoms with Crippen molar-refractivity contribution >= 4 is 5.97 Å². The van der Waals surface area contributed by atoms with Gasteiger partial charge in [0.05, 0.1) is 18.4 Å². The number of esters is 1. The van der Waals surface area contributed by atoms with Crippen LogP contribution in [0.2, 0.25) is 0 Å². The average Bonchev–Trinajstić information content (AvgIpc) is 3.11. The van der Waals surface area contributed by atoms with E-state index in [1.807, 2.05) is 42.5 Å². The number of pyridine rings is 1. The van der Waals surface area contributed by atoms with Crippen LogP contribution in [0.1, 0.15) is 22.8 Å². The largest absolute Gasteiger partial charge is 0.489 e. The molecule has 1 aromatic carbocycles. The second kappa shape index (κ2) is 7.41. The van der Waals surface area contributed by atoms with Gasteiger partial charge in [-0.1, -0.05) is 24.3 Å². The first kappa shape index (κ1) is 15.7. The highest BCUT2D eigenvalue weighted by Crippen LogP contribution is 2.16. The summed E-state index contributed by atoms with van der Waals surface area (Å²) in [7, 11) is 0. The first-order valence-electron chi connectivity index (χ1n) is 7.62. The zero-order chi connectivity index (χ0) is 16.8. The Hall–Kier alpha value is -3.15. The van der Waals surface area contributed by atoms with Gasteiger partial charge in [0.1, 0.15) is 12.4 Å². The normalized spacial score (nSPS) is 10.4. The summed E-state index contributed by atoms with van der Waals surface area (Å²) in [6.45, 7) is 2.44. The molecule has 6 nitrogen and oxygen atoms in total. The lowest BCUT2D eigenvalue weighted by molar-refractivity contribution is 0.0526. The lowest BCUT2D eigenvalue weighted by Crippen LogP contribution is -2.06. The van der Waals surface area contributed by atoms with E-state index >= 15 is 0 Å². The minimum Gasteiger partial charge on any atom is -0.489 e. The van der Waals surface area contributed by atoms with E-state index in [9.17, 15) is 4.79 Å². The van der Waals surface area contributed by atoms with Gasteiger partial charge in [-0.25, -0.2) is 14.5 Å². The fourth-order valence-electron chi connectivity index (χ4n) is 2.19. The van der Waals surface area contributed by atoms with Crippen molar-refractivity contribution in [3.05, 3.63) is 72.2 Å². The van der Waals surface area contributed by atoms with Crippen LogP contribution in [0.3, 0.4) is 0 Å². The molecule has 3 aromatic rings. The topological polar surface area (TPSA) is 66.2 Å². The molecule has 0 saturated heterocycles. The molecule has 0 bridgehead atoms. The Balaban J connectivity index is 1.80. The highest BCUT2D eigenvalue weighted by molar-refractivity contribution is 5.88. The molecule has 0 spiro atoms. The van der Waals surface area contributed by atoms with Gasteiger partial charge in [-0.3, -0.25) is 0 Å². The third-order valence-electron chi connectivity index (χ3n) is 3.32. The maximum Gasteiger partial charge on any atom is 0.341 e. The van der Waals surface area contributed by atoms with E-state index in [2.05, 4.69) is 10.1 Å². The number of hydrogen-bond acceptors (Lipinski definition) is 5. The van der Waals surface area contributed by atoms with Gasteiger partial charge in [-0.15, -0.1) is 0 Å². The summed E-state index contributed by atoms with van der Waals surface area (Å²) in [5, 5.41) is 4.20. The molecule has 0 aliphatic heterocycles. The molecule has 0 N–H and O–H groups in total. The van der Waals surface area contributed by atoms with Crippen molar-refractivity contribution in [1.29, 1.82) is 0 Å². The van der Waals surface area contributed by atoms with Crippen LogP contribution in [-0.2, 0) is 11.3 Å². The van der Waals surface area contributed by atoms with Gasteiger partial charge in [-0.05, 0) is 25.1 Å². The number of benzene rings is 1. The summed E-state index contributed by atoms with van der Waals surface area (Å²) in [5.74, 6) is 0.991. The number of para-hydroxylation sites is 1. The molecular weight excluding hydrogens is 306 g/mol. The molecule has 6 heteroatoms. The van der Waals surface area contributed by atoms with Crippen LogP contribution in [0.5, 0.6) is 5.75 Å². The van der Waals surface area contributed by atoms with Gasteiger partial charge in [0.15, 0.2) is 5.82 Å². The molecule has 0 atom stereocenters. The van der Waals surface area contributed by atoms with E-state index in [0.29, 0.717) is 24.6 Å². The van der Waals surface area contributed by atoms with Crippen molar-refractivity contribution < 1.29 is 14.3 Å². The molecule has 0 aliphatic rings. The lowest BCUT2D eigenvalue weighted by atomic mass is 10.2. The Morgan fingerprint density at radius 2 is 2.00 bits per heavy atom. The van der Waals surface area contributed by atoms with E-state index < -0.39 is 5.97 Å². The molecular formula is C18H17N3O3. The van der Waals surface area contributed by atoms with Crippen LogP contribution in [0.25, 0.3) is 5.82 Å². The van der Waals surface area contributed by atoms with Crippen LogP contribution < -0.4 is 4.74 Å². The number of rotatable bonds is 6. The van der Waals surface area contributed by atoms with Gasteiger partial charge >= 0.3 is 5.97 Å². The molecule has 0 fully saturated rings. The molecule has 0 radical (unpaired) electrons. The molecule has 122 valence electrons. The van der Waals surface area contributed by atoms with E-state index in [4.69, 9.17) is 9.47 Å². The average molecular weight is 323 g/mol. The van der Waals surface area contributed by atoms with Crippen molar-refractivity contribution in [2.24, 2.45) is 0 Å². The van der Waals surface area contributed by atoms with Crippen LogP contribution in [-0.4, -0.2) is 27.3 Å². The highest BCUT2D eigenvalue weighted by Gasteiger charge is 2.13. The Morgan fingerprint density at radius 1 is 1.17 bits per heavy atom. The third-order valence-corrected chi connectivity index (χ3v) is 3.32. The Labute approximate surface area is 139 Å².